The van der Waals surface area contributed by atoms with Gasteiger partial charge in [0.1, 0.15) is 5.82 Å². The Kier molecular flexibility index (Phi) is 5.70. The van der Waals surface area contributed by atoms with Gasteiger partial charge in [-0.15, -0.1) is 12.4 Å². The molecule has 7 heteroatoms. The van der Waals surface area contributed by atoms with Crippen molar-refractivity contribution in [2.75, 3.05) is 7.11 Å². The van der Waals surface area contributed by atoms with E-state index in [2.05, 4.69) is 40.0 Å². The number of ether oxygens (including phenoxy) is 1. The van der Waals surface area contributed by atoms with Crippen molar-refractivity contribution in [3.8, 4) is 5.88 Å². The molecular formula is C16H26ClN5O. The van der Waals surface area contributed by atoms with Gasteiger partial charge in [-0.25, -0.2) is 9.67 Å². The number of nitrogens with zero attached hydrogens (tertiary/aromatic N) is 4. The Morgan fingerprint density at radius 3 is 2.91 bits per heavy atom. The molecule has 0 radical (unpaired) electrons. The molecule has 23 heavy (non-hydrogen) atoms. The van der Waals surface area contributed by atoms with Crippen LogP contribution in [0.15, 0.2) is 12.4 Å². The third-order valence-electron chi connectivity index (χ3n) is 4.36. The standard InChI is InChI=1S/C16H25N5O.ClH/c1-11(2)15-13(16(22-4)20(3)19-15)9-18-12-5-6-14-17-7-8-21(14)10-12;/h7-8,11-12,18H,5-6,9-10H2,1-4H3;1H. The number of hydrogen-bond acceptors (Lipinski definition) is 4. The van der Waals surface area contributed by atoms with Crippen LogP contribution in [-0.4, -0.2) is 32.5 Å². The summed E-state index contributed by atoms with van der Waals surface area (Å²) in [6.45, 7) is 6.11. The highest BCUT2D eigenvalue weighted by Crippen LogP contribution is 2.27. The molecule has 2 aromatic heterocycles. The Morgan fingerprint density at radius 2 is 2.22 bits per heavy atom. The molecule has 0 saturated heterocycles. The Morgan fingerprint density at radius 1 is 1.43 bits per heavy atom. The smallest absolute Gasteiger partial charge is 0.216 e. The van der Waals surface area contributed by atoms with Crippen LogP contribution in [0.1, 0.15) is 43.3 Å². The largest absolute Gasteiger partial charge is 0.481 e. The second-order valence-electron chi connectivity index (χ2n) is 6.26. The fourth-order valence-electron chi connectivity index (χ4n) is 3.24. The lowest BCUT2D eigenvalue weighted by Gasteiger charge is -2.25. The van der Waals surface area contributed by atoms with Gasteiger partial charge in [0.2, 0.25) is 5.88 Å². The maximum absolute atomic E-state index is 5.54. The normalized spacial score (nSPS) is 17.0. The second kappa shape index (κ2) is 7.36. The number of hydrogen-bond donors (Lipinski definition) is 1. The summed E-state index contributed by atoms with van der Waals surface area (Å²) in [5.41, 5.74) is 2.29. The second-order valence-corrected chi connectivity index (χ2v) is 6.26. The number of aryl methyl sites for hydroxylation is 2. The molecule has 128 valence electrons. The molecule has 0 amide bonds. The lowest BCUT2D eigenvalue weighted by atomic mass is 10.0. The number of methoxy groups -OCH3 is 1. The van der Waals surface area contributed by atoms with Crippen molar-refractivity contribution in [3.05, 3.63) is 29.5 Å². The third-order valence-corrected chi connectivity index (χ3v) is 4.36. The van der Waals surface area contributed by atoms with Gasteiger partial charge < -0.3 is 14.6 Å². The number of nitrogens with one attached hydrogen (secondary N) is 1. The van der Waals surface area contributed by atoms with E-state index in [0.29, 0.717) is 12.0 Å². The summed E-state index contributed by atoms with van der Waals surface area (Å²) in [5, 5.41) is 8.28. The van der Waals surface area contributed by atoms with Crippen LogP contribution in [0.25, 0.3) is 0 Å². The minimum atomic E-state index is 0. The molecule has 1 atom stereocenters. The molecular weight excluding hydrogens is 314 g/mol. The summed E-state index contributed by atoms with van der Waals surface area (Å²) in [7, 11) is 3.65. The molecule has 2 aromatic rings. The highest BCUT2D eigenvalue weighted by Gasteiger charge is 2.22. The number of rotatable bonds is 5. The maximum atomic E-state index is 5.54. The predicted molar refractivity (Wildman–Crippen MR) is 92.3 cm³/mol. The lowest BCUT2D eigenvalue weighted by Crippen LogP contribution is -2.37. The van der Waals surface area contributed by atoms with Crippen LogP contribution in [0.2, 0.25) is 0 Å². The van der Waals surface area contributed by atoms with Crippen molar-refractivity contribution < 1.29 is 4.74 Å². The molecule has 1 aliphatic heterocycles. The van der Waals surface area contributed by atoms with Gasteiger partial charge in [-0.05, 0) is 12.3 Å². The summed E-state index contributed by atoms with van der Waals surface area (Å²) in [6, 6.07) is 0.464. The summed E-state index contributed by atoms with van der Waals surface area (Å²) >= 11 is 0. The molecule has 3 heterocycles. The first-order chi connectivity index (χ1) is 10.6. The zero-order valence-electron chi connectivity index (χ0n) is 14.2. The molecule has 0 aromatic carbocycles. The molecule has 1 unspecified atom stereocenters. The first-order valence-electron chi connectivity index (χ1n) is 7.93. The number of fused-ring (bicyclic) bond motifs is 1. The minimum absolute atomic E-state index is 0. The van der Waals surface area contributed by atoms with E-state index in [-0.39, 0.29) is 12.4 Å². The van der Waals surface area contributed by atoms with Crippen LogP contribution in [0, 0.1) is 0 Å². The Balaban J connectivity index is 0.00000192. The van der Waals surface area contributed by atoms with Gasteiger partial charge in [0.25, 0.3) is 0 Å². The van der Waals surface area contributed by atoms with Crippen LogP contribution in [0.3, 0.4) is 0 Å². The van der Waals surface area contributed by atoms with E-state index >= 15 is 0 Å². The molecule has 0 bridgehead atoms. The van der Waals surface area contributed by atoms with Crippen molar-refractivity contribution >= 4 is 12.4 Å². The zero-order valence-corrected chi connectivity index (χ0v) is 15.1. The molecule has 0 aliphatic carbocycles. The van der Waals surface area contributed by atoms with Gasteiger partial charge in [-0.2, -0.15) is 5.10 Å². The molecule has 1 aliphatic rings. The van der Waals surface area contributed by atoms with Crippen molar-refractivity contribution in [1.82, 2.24) is 24.6 Å². The zero-order chi connectivity index (χ0) is 15.7. The summed E-state index contributed by atoms with van der Waals surface area (Å²) < 4.78 is 9.61. The summed E-state index contributed by atoms with van der Waals surface area (Å²) in [4.78, 5) is 4.38. The monoisotopic (exact) mass is 339 g/mol. The van der Waals surface area contributed by atoms with E-state index in [9.17, 15) is 0 Å². The minimum Gasteiger partial charge on any atom is -0.481 e. The first kappa shape index (κ1) is 17.8. The fourth-order valence-corrected chi connectivity index (χ4v) is 3.24. The number of halogens is 1. The Bertz CT molecular complexity index is 649. The topological polar surface area (TPSA) is 56.9 Å². The highest BCUT2D eigenvalue weighted by atomic mass is 35.5. The molecule has 1 N–H and O–H groups in total. The third kappa shape index (κ3) is 3.53. The van der Waals surface area contributed by atoms with Crippen LogP contribution in [-0.2, 0) is 26.6 Å². The van der Waals surface area contributed by atoms with E-state index in [1.807, 2.05) is 17.9 Å². The van der Waals surface area contributed by atoms with Gasteiger partial charge in [0, 0.05) is 45.0 Å². The first-order valence-corrected chi connectivity index (χ1v) is 7.93. The van der Waals surface area contributed by atoms with Crippen LogP contribution < -0.4 is 10.1 Å². The number of aromatic nitrogens is 4. The van der Waals surface area contributed by atoms with Gasteiger partial charge in [0.05, 0.1) is 18.4 Å². The maximum Gasteiger partial charge on any atom is 0.216 e. The van der Waals surface area contributed by atoms with E-state index in [0.717, 1.165) is 37.5 Å². The number of imidazole rings is 1. The van der Waals surface area contributed by atoms with Crippen molar-refractivity contribution in [3.63, 3.8) is 0 Å². The van der Waals surface area contributed by atoms with Gasteiger partial charge in [-0.3, -0.25) is 0 Å². The molecule has 0 saturated carbocycles. The van der Waals surface area contributed by atoms with Gasteiger partial charge in [-0.1, -0.05) is 13.8 Å². The molecule has 0 fully saturated rings. The van der Waals surface area contributed by atoms with E-state index in [1.54, 1.807) is 7.11 Å². The quantitative estimate of drug-likeness (QED) is 0.908. The Hall–Kier alpha value is -1.53. The van der Waals surface area contributed by atoms with Crippen LogP contribution in [0.5, 0.6) is 5.88 Å². The van der Waals surface area contributed by atoms with E-state index in [1.165, 1.54) is 11.4 Å². The highest BCUT2D eigenvalue weighted by molar-refractivity contribution is 5.85. The fraction of sp³-hybridized carbons (Fsp3) is 0.625. The molecule has 0 spiro atoms. The predicted octanol–water partition coefficient (Wildman–Crippen LogP) is 2.28. The Labute approximate surface area is 143 Å². The summed E-state index contributed by atoms with van der Waals surface area (Å²) in [6.07, 6.45) is 6.11. The summed E-state index contributed by atoms with van der Waals surface area (Å²) in [5.74, 6) is 2.44. The lowest BCUT2D eigenvalue weighted by molar-refractivity contribution is 0.356. The average Bonchev–Trinajstić information content (AvgIpc) is 3.08. The van der Waals surface area contributed by atoms with Crippen molar-refractivity contribution in [1.29, 1.82) is 0 Å². The van der Waals surface area contributed by atoms with Crippen LogP contribution >= 0.6 is 12.4 Å². The molecule has 6 nitrogen and oxygen atoms in total. The van der Waals surface area contributed by atoms with Gasteiger partial charge >= 0.3 is 0 Å². The van der Waals surface area contributed by atoms with Crippen LogP contribution in [0.4, 0.5) is 0 Å². The van der Waals surface area contributed by atoms with E-state index < -0.39 is 0 Å². The SMILES string of the molecule is COc1c(CNC2CCc3nccn3C2)c(C(C)C)nn1C.Cl. The van der Waals surface area contributed by atoms with Crippen molar-refractivity contribution in [2.45, 2.75) is 51.7 Å². The van der Waals surface area contributed by atoms with Crippen molar-refractivity contribution in [2.24, 2.45) is 7.05 Å². The average molecular weight is 340 g/mol. The van der Waals surface area contributed by atoms with E-state index in [4.69, 9.17) is 4.74 Å². The van der Waals surface area contributed by atoms with Gasteiger partial charge in [0.15, 0.2) is 0 Å². The molecule has 3 rings (SSSR count).